The lowest BCUT2D eigenvalue weighted by Gasteiger charge is -2.51. The SMILES string of the molecule is CCOC(=O)c1cn([C@@H]2C3CCC(CC3c3cn([C@@H]4C5CCC(CC5)[C@H]4C(=O)O)c4cc(-c5c[nH]c6ncc(F)cc56)ncc34)[C@H]2C(=O)O)c2nc(-c3c[nH]c4ncc(Cl)cc34)ncc12. The molecule has 14 rings (SSSR count). The third kappa shape index (κ3) is 6.12. The van der Waals surface area contributed by atoms with E-state index in [2.05, 4.69) is 30.7 Å². The van der Waals surface area contributed by atoms with Crippen LogP contribution in [0.4, 0.5) is 4.39 Å². The molecule has 0 amide bonds. The summed E-state index contributed by atoms with van der Waals surface area (Å²) in [7, 11) is 0. The summed E-state index contributed by atoms with van der Waals surface area (Å²) in [6, 6.07) is 4.27. The van der Waals surface area contributed by atoms with Crippen molar-refractivity contribution in [2.24, 2.45) is 35.5 Å². The Kier molecular flexibility index (Phi) is 9.16. The van der Waals surface area contributed by atoms with Gasteiger partial charge in [0, 0.05) is 70.7 Å². The number of carbonyl (C=O) groups is 3. The van der Waals surface area contributed by atoms with Crippen LogP contribution in [0.5, 0.6) is 0 Å². The number of esters is 1. The first-order chi connectivity index (χ1) is 31.6. The Morgan fingerprint density at radius 3 is 2.23 bits per heavy atom. The molecule has 15 nitrogen and oxygen atoms in total. The van der Waals surface area contributed by atoms with Gasteiger partial charge in [-0.15, -0.1) is 0 Å². The minimum Gasteiger partial charge on any atom is -0.481 e. The number of aromatic nitrogens is 9. The van der Waals surface area contributed by atoms with Crippen molar-refractivity contribution in [3.05, 3.63) is 89.7 Å². The fourth-order valence-electron chi connectivity index (χ4n) is 12.7. The van der Waals surface area contributed by atoms with Crippen LogP contribution in [0.25, 0.3) is 66.6 Å². The summed E-state index contributed by atoms with van der Waals surface area (Å²) >= 11 is 6.37. The van der Waals surface area contributed by atoms with Crippen molar-refractivity contribution < 1.29 is 33.7 Å². The number of aromatic amines is 2. The molecule has 6 aliphatic carbocycles. The standard InChI is InChI=1S/C48H43ClFN9O6/c1-2-65-48(64)35-20-59(45-33(35)18-56-44(57-45)32-17-55-42-28(32)10-24(49)13-52-42)41-26-8-7-23(39(41)47(62)63)9-27(26)34-19-58(40-22-5-3-21(4-6-22)38(40)46(60)61)37-12-36(51-16-31(34)37)30-15-54-43-29(30)11-25(50)14-53-43/h10-23,26-27,38-41H,2-9H2,1H3,(H,52,55)(H,53,54)(H,60,61)(H,62,63)/t21?,22?,23?,26?,27?,38-,39-,40-,41-/m1/s1. The zero-order chi connectivity index (χ0) is 44.4. The molecule has 0 aliphatic heterocycles. The Balaban J connectivity index is 1.04. The maximum absolute atomic E-state index is 14.6. The van der Waals surface area contributed by atoms with E-state index in [1.54, 1.807) is 44.0 Å². The van der Waals surface area contributed by atoms with Crippen molar-refractivity contribution in [2.75, 3.05) is 6.61 Å². The first kappa shape index (κ1) is 39.9. The average Bonchev–Trinajstić information content (AvgIpc) is 4.11. The summed E-state index contributed by atoms with van der Waals surface area (Å²) in [4.78, 5) is 70.2. The number of carbonyl (C=O) groups excluding carboxylic acids is 1. The lowest BCUT2D eigenvalue weighted by atomic mass is 9.55. The molecule has 8 heterocycles. The van der Waals surface area contributed by atoms with Gasteiger partial charge < -0.3 is 34.1 Å². The predicted octanol–water partition coefficient (Wildman–Crippen LogP) is 9.35. The fraction of sp³-hybridized carbons (Fsp3) is 0.375. The van der Waals surface area contributed by atoms with Crippen molar-refractivity contribution in [3.63, 3.8) is 0 Å². The van der Waals surface area contributed by atoms with E-state index < -0.39 is 41.6 Å². The normalized spacial score (nSPS) is 26.2. The molecule has 65 heavy (non-hydrogen) atoms. The Bertz CT molecular complexity index is 3280. The number of pyridine rings is 3. The zero-order valence-corrected chi connectivity index (χ0v) is 35.9. The highest BCUT2D eigenvalue weighted by atomic mass is 35.5. The molecule has 330 valence electrons. The number of hydrogen-bond acceptors (Lipinski definition) is 9. The maximum atomic E-state index is 14.6. The minimum absolute atomic E-state index is 0.0544. The molecule has 8 aromatic heterocycles. The monoisotopic (exact) mass is 895 g/mol. The van der Waals surface area contributed by atoms with E-state index in [-0.39, 0.29) is 47.8 Å². The Morgan fingerprint density at radius 1 is 0.769 bits per heavy atom. The molecule has 6 fully saturated rings. The second-order valence-corrected chi connectivity index (χ2v) is 18.8. The molecule has 3 unspecified atom stereocenters. The number of H-pyrrole nitrogens is 2. The summed E-state index contributed by atoms with van der Waals surface area (Å²) < 4.78 is 24.2. The topological polar surface area (TPSA) is 207 Å². The first-order valence-electron chi connectivity index (χ1n) is 22.3. The van der Waals surface area contributed by atoms with Crippen LogP contribution < -0.4 is 0 Å². The Morgan fingerprint density at radius 2 is 1.46 bits per heavy atom. The van der Waals surface area contributed by atoms with E-state index in [0.29, 0.717) is 80.0 Å². The van der Waals surface area contributed by atoms with E-state index in [1.165, 1.54) is 12.3 Å². The Hall–Kier alpha value is -6.68. The lowest BCUT2D eigenvalue weighted by molar-refractivity contribution is -0.152. The van der Waals surface area contributed by atoms with Gasteiger partial charge in [-0.2, -0.15) is 0 Å². The number of hydrogen-bond donors (Lipinski definition) is 4. The van der Waals surface area contributed by atoms with Gasteiger partial charge in [-0.1, -0.05) is 11.6 Å². The number of ether oxygens (including phenoxy) is 1. The molecule has 4 bridgehead atoms. The molecule has 0 spiro atoms. The Labute approximate surface area is 374 Å². The van der Waals surface area contributed by atoms with Crippen molar-refractivity contribution in [1.82, 2.24) is 44.0 Å². The smallest absolute Gasteiger partial charge is 0.340 e. The van der Waals surface area contributed by atoms with E-state index in [4.69, 9.17) is 31.3 Å². The van der Waals surface area contributed by atoms with Crippen LogP contribution in [-0.2, 0) is 14.3 Å². The van der Waals surface area contributed by atoms with Gasteiger partial charge in [0.15, 0.2) is 5.82 Å². The molecular formula is C48H43ClFN9O6. The molecule has 8 aromatic rings. The number of aliphatic carboxylic acids is 2. The van der Waals surface area contributed by atoms with Gasteiger partial charge in [0.25, 0.3) is 0 Å². The highest BCUT2D eigenvalue weighted by Crippen LogP contribution is 2.60. The van der Waals surface area contributed by atoms with Gasteiger partial charge in [-0.3, -0.25) is 14.6 Å². The highest BCUT2D eigenvalue weighted by molar-refractivity contribution is 6.31. The van der Waals surface area contributed by atoms with Gasteiger partial charge in [0.1, 0.15) is 22.8 Å². The van der Waals surface area contributed by atoms with Crippen molar-refractivity contribution in [1.29, 1.82) is 0 Å². The van der Waals surface area contributed by atoms with E-state index in [9.17, 15) is 29.0 Å². The van der Waals surface area contributed by atoms with Crippen LogP contribution in [0.15, 0.2) is 67.8 Å². The number of halogens is 2. The fourth-order valence-corrected chi connectivity index (χ4v) is 12.9. The molecule has 4 N–H and O–H groups in total. The van der Waals surface area contributed by atoms with E-state index >= 15 is 0 Å². The molecular weight excluding hydrogens is 853 g/mol. The summed E-state index contributed by atoms with van der Waals surface area (Å²) in [6.45, 7) is 1.87. The third-order valence-electron chi connectivity index (χ3n) is 15.4. The van der Waals surface area contributed by atoms with Gasteiger partial charge in [-0.25, -0.2) is 29.1 Å². The average molecular weight is 896 g/mol. The van der Waals surface area contributed by atoms with Crippen LogP contribution in [0.3, 0.4) is 0 Å². The maximum Gasteiger partial charge on any atom is 0.340 e. The second kappa shape index (κ2) is 14.9. The van der Waals surface area contributed by atoms with Crippen molar-refractivity contribution >= 4 is 73.5 Å². The van der Waals surface area contributed by atoms with Gasteiger partial charge in [-0.05, 0) is 105 Å². The summed E-state index contributed by atoms with van der Waals surface area (Å²) in [5.41, 5.74) is 5.51. The molecule has 0 saturated heterocycles. The largest absolute Gasteiger partial charge is 0.481 e. The van der Waals surface area contributed by atoms with E-state index in [1.807, 2.05) is 16.8 Å². The van der Waals surface area contributed by atoms with Crippen LogP contribution in [0.1, 0.15) is 85.8 Å². The van der Waals surface area contributed by atoms with Gasteiger partial charge in [0.05, 0.1) is 63.9 Å². The molecule has 0 radical (unpaired) electrons. The minimum atomic E-state index is -0.921. The van der Waals surface area contributed by atoms with E-state index in [0.717, 1.165) is 42.1 Å². The van der Waals surface area contributed by atoms with Crippen LogP contribution in [0.2, 0.25) is 5.02 Å². The first-order valence-corrected chi connectivity index (χ1v) is 22.7. The van der Waals surface area contributed by atoms with Crippen LogP contribution >= 0.6 is 11.6 Å². The van der Waals surface area contributed by atoms with Crippen LogP contribution in [0, 0.1) is 41.3 Å². The van der Waals surface area contributed by atoms with Gasteiger partial charge >= 0.3 is 17.9 Å². The zero-order valence-electron chi connectivity index (χ0n) is 35.1. The number of carboxylic acids is 2. The third-order valence-corrected chi connectivity index (χ3v) is 15.6. The number of carboxylic acid groups (broad SMARTS) is 2. The van der Waals surface area contributed by atoms with Gasteiger partial charge in [0.2, 0.25) is 0 Å². The number of fused-ring (bicyclic) bond motifs is 10. The number of nitrogens with zero attached hydrogens (tertiary/aromatic N) is 7. The molecule has 0 aromatic carbocycles. The molecule has 6 saturated carbocycles. The highest BCUT2D eigenvalue weighted by Gasteiger charge is 2.54. The van der Waals surface area contributed by atoms with Crippen molar-refractivity contribution in [2.45, 2.75) is 69.9 Å². The summed E-state index contributed by atoms with van der Waals surface area (Å²) in [6.07, 6.45) is 19.2. The summed E-state index contributed by atoms with van der Waals surface area (Å²) in [5, 5.41) is 25.0. The molecule has 6 aliphatic rings. The number of nitrogens with one attached hydrogen (secondary N) is 2. The second-order valence-electron chi connectivity index (χ2n) is 18.4. The van der Waals surface area contributed by atoms with Crippen molar-refractivity contribution in [3.8, 4) is 22.6 Å². The predicted molar refractivity (Wildman–Crippen MR) is 238 cm³/mol. The molecule has 17 heteroatoms. The number of rotatable bonds is 9. The molecule has 7 atom stereocenters. The summed E-state index contributed by atoms with van der Waals surface area (Å²) in [5.74, 6) is -4.19. The van der Waals surface area contributed by atoms with Crippen LogP contribution in [-0.4, -0.2) is 78.7 Å². The quantitative estimate of drug-likeness (QED) is 0.100. The lowest BCUT2D eigenvalue weighted by Crippen LogP contribution is -2.48.